The maximum atomic E-state index is 12.7. The SMILES string of the molecule is Cc1ccc(CN(C)C(=O)c2cccc(S(=O)(=O)N(C)C)c2)c(C)c1. The highest BCUT2D eigenvalue weighted by Gasteiger charge is 2.20. The molecule has 0 heterocycles. The van der Waals surface area contributed by atoms with Crippen molar-refractivity contribution in [2.45, 2.75) is 25.3 Å². The molecule has 0 saturated carbocycles. The molecule has 0 aliphatic rings. The van der Waals surface area contributed by atoms with Crippen molar-refractivity contribution in [3.8, 4) is 0 Å². The summed E-state index contributed by atoms with van der Waals surface area (Å²) in [5.41, 5.74) is 3.73. The number of rotatable bonds is 5. The lowest BCUT2D eigenvalue weighted by Gasteiger charge is -2.19. The van der Waals surface area contributed by atoms with Crippen LogP contribution in [0.2, 0.25) is 0 Å². The van der Waals surface area contributed by atoms with Crippen LogP contribution in [0.1, 0.15) is 27.0 Å². The molecule has 2 aromatic carbocycles. The van der Waals surface area contributed by atoms with Crippen molar-refractivity contribution in [3.05, 3.63) is 64.7 Å². The summed E-state index contributed by atoms with van der Waals surface area (Å²) in [7, 11) is 1.09. The molecule has 0 radical (unpaired) electrons. The van der Waals surface area contributed by atoms with Crippen LogP contribution in [0.5, 0.6) is 0 Å². The van der Waals surface area contributed by atoms with E-state index in [2.05, 4.69) is 6.07 Å². The number of sulfonamides is 1. The molecular formula is C19H24N2O3S. The molecule has 1 amide bonds. The number of hydrogen-bond acceptors (Lipinski definition) is 3. The number of amides is 1. The smallest absolute Gasteiger partial charge is 0.253 e. The summed E-state index contributed by atoms with van der Waals surface area (Å²) >= 11 is 0. The quantitative estimate of drug-likeness (QED) is 0.824. The molecule has 0 atom stereocenters. The fourth-order valence-corrected chi connectivity index (χ4v) is 3.52. The van der Waals surface area contributed by atoms with Gasteiger partial charge in [-0.05, 0) is 43.2 Å². The molecule has 2 aromatic rings. The first kappa shape index (κ1) is 19.1. The van der Waals surface area contributed by atoms with Gasteiger partial charge in [0.15, 0.2) is 0 Å². The summed E-state index contributed by atoms with van der Waals surface area (Å²) in [6.45, 7) is 4.52. The molecule has 5 nitrogen and oxygen atoms in total. The van der Waals surface area contributed by atoms with Gasteiger partial charge in [-0.25, -0.2) is 12.7 Å². The van der Waals surface area contributed by atoms with Gasteiger partial charge >= 0.3 is 0 Å². The monoisotopic (exact) mass is 360 g/mol. The molecule has 0 N–H and O–H groups in total. The van der Waals surface area contributed by atoms with Gasteiger partial charge in [-0.3, -0.25) is 4.79 Å². The van der Waals surface area contributed by atoms with Crippen molar-refractivity contribution in [1.82, 2.24) is 9.21 Å². The van der Waals surface area contributed by atoms with Crippen molar-refractivity contribution in [2.24, 2.45) is 0 Å². The largest absolute Gasteiger partial charge is 0.337 e. The van der Waals surface area contributed by atoms with Gasteiger partial charge in [0.2, 0.25) is 10.0 Å². The highest BCUT2D eigenvalue weighted by Crippen LogP contribution is 2.18. The zero-order valence-corrected chi connectivity index (χ0v) is 16.1. The van der Waals surface area contributed by atoms with Crippen LogP contribution in [0.4, 0.5) is 0 Å². The Morgan fingerprint density at radius 1 is 1.00 bits per heavy atom. The average Bonchev–Trinajstić information content (AvgIpc) is 2.56. The molecule has 134 valence electrons. The van der Waals surface area contributed by atoms with Gasteiger partial charge < -0.3 is 4.90 Å². The summed E-state index contributed by atoms with van der Waals surface area (Å²) in [5, 5.41) is 0. The summed E-state index contributed by atoms with van der Waals surface area (Å²) < 4.78 is 25.6. The first-order valence-electron chi connectivity index (χ1n) is 7.97. The maximum absolute atomic E-state index is 12.7. The Kier molecular flexibility index (Phi) is 5.65. The summed E-state index contributed by atoms with van der Waals surface area (Å²) in [4.78, 5) is 14.4. The van der Waals surface area contributed by atoms with E-state index in [0.29, 0.717) is 12.1 Å². The Bertz CT molecular complexity index is 889. The van der Waals surface area contributed by atoms with Crippen molar-refractivity contribution in [2.75, 3.05) is 21.1 Å². The van der Waals surface area contributed by atoms with Gasteiger partial charge in [0, 0.05) is 33.3 Å². The first-order chi connectivity index (χ1) is 11.6. The lowest BCUT2D eigenvalue weighted by molar-refractivity contribution is 0.0784. The standard InChI is InChI=1S/C19H24N2O3S/c1-14-9-10-17(15(2)11-14)13-21(5)19(22)16-7-6-8-18(12-16)25(23,24)20(3)4/h6-12H,13H2,1-5H3. The fraction of sp³-hybridized carbons (Fsp3) is 0.316. The van der Waals surface area contributed by atoms with Crippen LogP contribution >= 0.6 is 0 Å². The van der Waals surface area contributed by atoms with Crippen molar-refractivity contribution in [3.63, 3.8) is 0 Å². The molecule has 0 spiro atoms. The highest BCUT2D eigenvalue weighted by atomic mass is 32.2. The Balaban J connectivity index is 2.25. The predicted molar refractivity (Wildman–Crippen MR) is 99.0 cm³/mol. The van der Waals surface area contributed by atoms with Gasteiger partial charge in [0.25, 0.3) is 5.91 Å². The molecule has 0 aliphatic heterocycles. The van der Waals surface area contributed by atoms with E-state index in [1.165, 1.54) is 31.8 Å². The van der Waals surface area contributed by atoms with Gasteiger partial charge in [-0.2, -0.15) is 0 Å². The van der Waals surface area contributed by atoms with Crippen LogP contribution in [-0.2, 0) is 16.6 Å². The topological polar surface area (TPSA) is 57.7 Å². The van der Waals surface area contributed by atoms with E-state index in [1.54, 1.807) is 24.1 Å². The third kappa shape index (κ3) is 4.27. The van der Waals surface area contributed by atoms with Crippen molar-refractivity contribution >= 4 is 15.9 Å². The Hall–Kier alpha value is -2.18. The molecule has 0 aliphatic carbocycles. The second kappa shape index (κ2) is 7.37. The van der Waals surface area contributed by atoms with Crippen molar-refractivity contribution in [1.29, 1.82) is 0 Å². The lowest BCUT2D eigenvalue weighted by atomic mass is 10.1. The molecule has 0 aromatic heterocycles. The Morgan fingerprint density at radius 3 is 2.28 bits per heavy atom. The molecule has 0 fully saturated rings. The summed E-state index contributed by atoms with van der Waals surface area (Å²) in [5.74, 6) is -0.212. The minimum Gasteiger partial charge on any atom is -0.337 e. The molecule has 25 heavy (non-hydrogen) atoms. The fourth-order valence-electron chi connectivity index (χ4n) is 2.57. The minimum absolute atomic E-state index is 0.114. The number of nitrogens with zero attached hydrogens (tertiary/aromatic N) is 2. The van der Waals surface area contributed by atoms with Crippen LogP contribution < -0.4 is 0 Å². The third-order valence-electron chi connectivity index (χ3n) is 4.11. The summed E-state index contributed by atoms with van der Waals surface area (Å²) in [6.07, 6.45) is 0. The Morgan fingerprint density at radius 2 is 1.68 bits per heavy atom. The maximum Gasteiger partial charge on any atom is 0.253 e. The molecule has 6 heteroatoms. The lowest BCUT2D eigenvalue weighted by Crippen LogP contribution is -2.27. The molecular weight excluding hydrogens is 336 g/mol. The molecule has 2 rings (SSSR count). The molecule has 0 unspecified atom stereocenters. The van der Waals surface area contributed by atoms with Crippen LogP contribution in [0.3, 0.4) is 0 Å². The average molecular weight is 360 g/mol. The zero-order chi connectivity index (χ0) is 18.8. The molecule has 0 saturated heterocycles. The number of carbonyl (C=O) groups excluding carboxylic acids is 1. The van der Waals surface area contributed by atoms with Gasteiger partial charge in [0.1, 0.15) is 0 Å². The minimum atomic E-state index is -3.57. The second-order valence-corrected chi connectivity index (χ2v) is 8.56. The number of aryl methyl sites for hydroxylation is 2. The van der Waals surface area contributed by atoms with Gasteiger partial charge in [-0.15, -0.1) is 0 Å². The van der Waals surface area contributed by atoms with Crippen LogP contribution in [0.25, 0.3) is 0 Å². The first-order valence-corrected chi connectivity index (χ1v) is 9.41. The predicted octanol–water partition coefficient (Wildman–Crippen LogP) is 2.83. The van der Waals surface area contributed by atoms with Gasteiger partial charge in [0.05, 0.1) is 4.90 Å². The van der Waals surface area contributed by atoms with Crippen LogP contribution in [0, 0.1) is 13.8 Å². The second-order valence-electron chi connectivity index (χ2n) is 6.41. The number of benzene rings is 2. The van der Waals surface area contributed by atoms with E-state index in [4.69, 9.17) is 0 Å². The van der Waals surface area contributed by atoms with E-state index < -0.39 is 10.0 Å². The highest BCUT2D eigenvalue weighted by molar-refractivity contribution is 7.89. The van der Waals surface area contributed by atoms with E-state index in [1.807, 2.05) is 26.0 Å². The zero-order valence-electron chi connectivity index (χ0n) is 15.3. The van der Waals surface area contributed by atoms with E-state index in [9.17, 15) is 13.2 Å². The van der Waals surface area contributed by atoms with Crippen LogP contribution in [-0.4, -0.2) is 44.7 Å². The van der Waals surface area contributed by atoms with E-state index in [0.717, 1.165) is 15.4 Å². The van der Waals surface area contributed by atoms with E-state index in [-0.39, 0.29) is 10.8 Å². The van der Waals surface area contributed by atoms with Crippen molar-refractivity contribution < 1.29 is 13.2 Å². The Labute approximate surface area is 149 Å². The van der Waals surface area contributed by atoms with Crippen LogP contribution in [0.15, 0.2) is 47.4 Å². The third-order valence-corrected chi connectivity index (χ3v) is 5.92. The normalized spacial score (nSPS) is 11.6. The van der Waals surface area contributed by atoms with E-state index >= 15 is 0 Å². The molecule has 0 bridgehead atoms. The number of hydrogen-bond donors (Lipinski definition) is 0. The van der Waals surface area contributed by atoms with Gasteiger partial charge in [-0.1, -0.05) is 29.8 Å². The summed E-state index contributed by atoms with van der Waals surface area (Å²) in [6, 6.07) is 12.3. The number of carbonyl (C=O) groups is 1.